The largest absolute Gasteiger partial charge is 0.310 e. The Bertz CT molecular complexity index is 394. The number of hydrogen-bond acceptors (Lipinski definition) is 3. The molecule has 1 aromatic rings. The Hall–Kier alpha value is -0.220. The fourth-order valence-corrected chi connectivity index (χ4v) is 3.74. The highest BCUT2D eigenvalue weighted by atomic mass is 35.5. The number of nitrogens with one attached hydrogen (secondary N) is 1. The summed E-state index contributed by atoms with van der Waals surface area (Å²) >= 11 is 8.20. The predicted octanol–water partition coefficient (Wildman–Crippen LogP) is 3.82. The highest BCUT2D eigenvalue weighted by molar-refractivity contribution is 7.99. The molecule has 20 heavy (non-hydrogen) atoms. The lowest BCUT2D eigenvalue weighted by molar-refractivity contribution is 0.281. The monoisotopic (exact) mass is 312 g/mol. The lowest BCUT2D eigenvalue weighted by Crippen LogP contribution is -2.35. The molecule has 1 aromatic carbocycles. The molecule has 0 spiro atoms. The first-order valence-electron chi connectivity index (χ1n) is 7.58. The van der Waals surface area contributed by atoms with Gasteiger partial charge in [-0.15, -0.1) is 0 Å². The van der Waals surface area contributed by atoms with Crippen molar-refractivity contribution < 1.29 is 0 Å². The Morgan fingerprint density at radius 3 is 2.85 bits per heavy atom. The highest BCUT2D eigenvalue weighted by Crippen LogP contribution is 2.21. The van der Waals surface area contributed by atoms with Gasteiger partial charge in [-0.1, -0.05) is 30.7 Å². The summed E-state index contributed by atoms with van der Waals surface area (Å²) in [5.41, 5.74) is 1.32. The molecule has 1 aliphatic heterocycles. The molecular weight excluding hydrogens is 288 g/mol. The first-order valence-corrected chi connectivity index (χ1v) is 9.12. The molecule has 0 saturated carbocycles. The second-order valence-corrected chi connectivity index (χ2v) is 6.97. The van der Waals surface area contributed by atoms with Crippen LogP contribution in [0.15, 0.2) is 24.3 Å². The van der Waals surface area contributed by atoms with Crippen molar-refractivity contribution in [1.29, 1.82) is 0 Å². The third kappa shape index (κ3) is 5.28. The second-order valence-electron chi connectivity index (χ2n) is 5.30. The van der Waals surface area contributed by atoms with Crippen LogP contribution in [0.2, 0.25) is 5.02 Å². The van der Waals surface area contributed by atoms with Gasteiger partial charge >= 0.3 is 0 Å². The normalized spacial score (nSPS) is 18.1. The molecule has 0 amide bonds. The molecule has 4 heteroatoms. The van der Waals surface area contributed by atoms with E-state index in [0.29, 0.717) is 6.04 Å². The van der Waals surface area contributed by atoms with Gasteiger partial charge in [0.2, 0.25) is 0 Å². The van der Waals surface area contributed by atoms with Crippen molar-refractivity contribution in [1.82, 2.24) is 10.2 Å². The van der Waals surface area contributed by atoms with Crippen LogP contribution < -0.4 is 5.32 Å². The third-order valence-corrected chi connectivity index (χ3v) is 4.91. The van der Waals surface area contributed by atoms with Gasteiger partial charge in [0.1, 0.15) is 0 Å². The fourth-order valence-electron chi connectivity index (χ4n) is 2.56. The number of rotatable bonds is 7. The lowest BCUT2D eigenvalue weighted by atomic mass is 10.0. The Labute approximate surface area is 132 Å². The molecule has 0 bridgehead atoms. The smallest absolute Gasteiger partial charge is 0.0409 e. The first kappa shape index (κ1) is 16.2. The maximum Gasteiger partial charge on any atom is 0.0409 e. The molecule has 0 aromatic heterocycles. The van der Waals surface area contributed by atoms with Crippen LogP contribution in [0.3, 0.4) is 0 Å². The zero-order valence-electron chi connectivity index (χ0n) is 12.3. The molecule has 1 unspecified atom stereocenters. The number of benzene rings is 1. The van der Waals surface area contributed by atoms with Gasteiger partial charge in [0, 0.05) is 42.2 Å². The predicted molar refractivity (Wildman–Crippen MR) is 90.9 cm³/mol. The van der Waals surface area contributed by atoms with Crippen molar-refractivity contribution in [3.8, 4) is 0 Å². The standard InChI is InChI=1S/C16H25ClN2S/c1-2-7-18-16(14-4-3-5-15(17)13-14)6-8-19-9-11-20-12-10-19/h3-5,13,16,18H,2,6-12H2,1H3. The average Bonchev–Trinajstić information content (AvgIpc) is 2.48. The van der Waals surface area contributed by atoms with Crippen LogP contribution in [0.25, 0.3) is 0 Å². The summed E-state index contributed by atoms with van der Waals surface area (Å²) in [6.07, 6.45) is 2.32. The van der Waals surface area contributed by atoms with E-state index in [2.05, 4.69) is 47.1 Å². The Morgan fingerprint density at radius 1 is 1.35 bits per heavy atom. The van der Waals surface area contributed by atoms with Crippen LogP contribution in [0.5, 0.6) is 0 Å². The molecule has 2 rings (SSSR count). The van der Waals surface area contributed by atoms with Crippen LogP contribution in [0.4, 0.5) is 0 Å². The Kier molecular flexibility index (Phi) is 7.22. The Morgan fingerprint density at radius 2 is 2.15 bits per heavy atom. The molecule has 0 radical (unpaired) electrons. The minimum absolute atomic E-state index is 0.420. The van der Waals surface area contributed by atoms with Crippen LogP contribution in [0.1, 0.15) is 31.4 Å². The summed E-state index contributed by atoms with van der Waals surface area (Å²) in [6, 6.07) is 8.70. The summed E-state index contributed by atoms with van der Waals surface area (Å²) in [5.74, 6) is 2.56. The van der Waals surface area contributed by atoms with Gasteiger partial charge in [0.05, 0.1) is 0 Å². The minimum atomic E-state index is 0.420. The lowest BCUT2D eigenvalue weighted by Gasteiger charge is -2.28. The summed E-state index contributed by atoms with van der Waals surface area (Å²) < 4.78 is 0. The molecule has 1 N–H and O–H groups in total. The summed E-state index contributed by atoms with van der Waals surface area (Å²) in [5, 5.41) is 4.50. The van der Waals surface area contributed by atoms with E-state index in [1.807, 2.05) is 6.07 Å². The van der Waals surface area contributed by atoms with Crippen molar-refractivity contribution in [3.05, 3.63) is 34.9 Å². The molecule has 1 atom stereocenters. The van der Waals surface area contributed by atoms with E-state index in [1.54, 1.807) is 0 Å². The van der Waals surface area contributed by atoms with Crippen LogP contribution >= 0.6 is 23.4 Å². The van der Waals surface area contributed by atoms with E-state index in [9.17, 15) is 0 Å². The number of thioether (sulfide) groups is 1. The van der Waals surface area contributed by atoms with Gasteiger partial charge in [0.25, 0.3) is 0 Å². The van der Waals surface area contributed by atoms with Crippen molar-refractivity contribution in [2.45, 2.75) is 25.8 Å². The van der Waals surface area contributed by atoms with Crippen molar-refractivity contribution >= 4 is 23.4 Å². The first-order chi connectivity index (χ1) is 9.79. The molecule has 2 nitrogen and oxygen atoms in total. The van der Waals surface area contributed by atoms with Crippen LogP contribution in [-0.2, 0) is 0 Å². The Balaban J connectivity index is 1.92. The van der Waals surface area contributed by atoms with Gasteiger partial charge < -0.3 is 10.2 Å². The molecule has 1 aliphatic rings. The number of nitrogens with zero attached hydrogens (tertiary/aromatic N) is 1. The van der Waals surface area contributed by atoms with Crippen molar-refractivity contribution in [3.63, 3.8) is 0 Å². The van der Waals surface area contributed by atoms with E-state index in [-0.39, 0.29) is 0 Å². The summed E-state index contributed by atoms with van der Waals surface area (Å²) in [7, 11) is 0. The molecule has 1 saturated heterocycles. The average molecular weight is 313 g/mol. The molecule has 0 aliphatic carbocycles. The molecule has 1 heterocycles. The van der Waals surface area contributed by atoms with E-state index in [4.69, 9.17) is 11.6 Å². The minimum Gasteiger partial charge on any atom is -0.310 e. The number of halogens is 1. The van der Waals surface area contributed by atoms with E-state index in [0.717, 1.165) is 24.4 Å². The van der Waals surface area contributed by atoms with Gasteiger partial charge in [-0.25, -0.2) is 0 Å². The SMILES string of the molecule is CCCNC(CCN1CCSCC1)c1cccc(Cl)c1. The van der Waals surface area contributed by atoms with Crippen LogP contribution in [-0.4, -0.2) is 42.6 Å². The van der Waals surface area contributed by atoms with Crippen molar-refractivity contribution in [2.24, 2.45) is 0 Å². The molecule has 1 fully saturated rings. The molecule has 112 valence electrons. The van der Waals surface area contributed by atoms with Gasteiger partial charge in [-0.05, 0) is 37.1 Å². The maximum atomic E-state index is 6.13. The van der Waals surface area contributed by atoms with Crippen LogP contribution in [0, 0.1) is 0 Å². The number of hydrogen-bond donors (Lipinski definition) is 1. The van der Waals surface area contributed by atoms with Gasteiger partial charge in [-0.2, -0.15) is 11.8 Å². The quantitative estimate of drug-likeness (QED) is 0.824. The van der Waals surface area contributed by atoms with Gasteiger partial charge in [-0.3, -0.25) is 0 Å². The zero-order valence-corrected chi connectivity index (χ0v) is 13.8. The third-order valence-electron chi connectivity index (χ3n) is 3.73. The second kappa shape index (κ2) is 8.93. The van der Waals surface area contributed by atoms with E-state index in [1.165, 1.54) is 36.7 Å². The van der Waals surface area contributed by atoms with Crippen molar-refractivity contribution in [2.75, 3.05) is 37.7 Å². The highest BCUT2D eigenvalue weighted by Gasteiger charge is 2.15. The summed E-state index contributed by atoms with van der Waals surface area (Å²) in [4.78, 5) is 2.58. The topological polar surface area (TPSA) is 15.3 Å². The summed E-state index contributed by atoms with van der Waals surface area (Å²) in [6.45, 7) is 6.92. The zero-order chi connectivity index (χ0) is 14.2. The molecular formula is C16H25ClN2S. The van der Waals surface area contributed by atoms with E-state index >= 15 is 0 Å². The van der Waals surface area contributed by atoms with E-state index < -0.39 is 0 Å². The maximum absolute atomic E-state index is 6.13. The van der Waals surface area contributed by atoms with Gasteiger partial charge in [0.15, 0.2) is 0 Å². The fraction of sp³-hybridized carbons (Fsp3) is 0.625.